The maximum atomic E-state index is 12.2. The van der Waals surface area contributed by atoms with Crippen molar-refractivity contribution in [3.05, 3.63) is 29.1 Å². The molecule has 2 aromatic heterocycles. The molecule has 0 aliphatic heterocycles. The molecule has 0 amide bonds. The van der Waals surface area contributed by atoms with Gasteiger partial charge in [-0.25, -0.2) is 4.98 Å². The van der Waals surface area contributed by atoms with Crippen LogP contribution in [0.4, 0.5) is 0 Å². The molecule has 0 saturated carbocycles. The van der Waals surface area contributed by atoms with E-state index in [1.54, 1.807) is 4.68 Å². The van der Waals surface area contributed by atoms with Crippen molar-refractivity contribution in [3.8, 4) is 0 Å². The average molecular weight is 275 g/mol. The maximum Gasteiger partial charge on any atom is 0.166 e. The van der Waals surface area contributed by atoms with Gasteiger partial charge >= 0.3 is 0 Å². The highest BCUT2D eigenvalue weighted by Crippen LogP contribution is 2.19. The van der Waals surface area contributed by atoms with E-state index in [9.17, 15) is 4.79 Å². The molecule has 2 aromatic rings. The lowest BCUT2D eigenvalue weighted by atomic mass is 10.0. The van der Waals surface area contributed by atoms with Crippen molar-refractivity contribution < 1.29 is 4.79 Å². The first kappa shape index (κ1) is 14.4. The van der Waals surface area contributed by atoms with Gasteiger partial charge in [0.05, 0.1) is 11.3 Å². The molecule has 0 unspecified atom stereocenters. The molecule has 108 valence electrons. The molecular weight excluding hydrogens is 254 g/mol. The number of hydrogen-bond acceptors (Lipinski definition) is 4. The first-order valence-electron chi connectivity index (χ1n) is 7.06. The van der Waals surface area contributed by atoms with Gasteiger partial charge in [-0.1, -0.05) is 20.8 Å². The van der Waals surface area contributed by atoms with E-state index >= 15 is 0 Å². The SMILES string of the molecule is CCC(=O)c1c(CC)nn(Cc2ncnn2C)c1CC. The van der Waals surface area contributed by atoms with Crippen molar-refractivity contribution >= 4 is 5.78 Å². The number of rotatable bonds is 6. The largest absolute Gasteiger partial charge is 0.294 e. The Morgan fingerprint density at radius 3 is 2.50 bits per heavy atom. The molecule has 6 nitrogen and oxygen atoms in total. The Morgan fingerprint density at radius 2 is 2.00 bits per heavy atom. The Bertz CT molecular complexity index is 611. The van der Waals surface area contributed by atoms with E-state index < -0.39 is 0 Å². The topological polar surface area (TPSA) is 65.6 Å². The lowest BCUT2D eigenvalue weighted by molar-refractivity contribution is 0.0986. The summed E-state index contributed by atoms with van der Waals surface area (Å²) in [6.45, 7) is 6.52. The second-order valence-electron chi connectivity index (χ2n) is 4.71. The molecular formula is C14H21N5O. The minimum atomic E-state index is 0.169. The summed E-state index contributed by atoms with van der Waals surface area (Å²) in [4.78, 5) is 16.4. The van der Waals surface area contributed by atoms with Gasteiger partial charge in [0.2, 0.25) is 0 Å². The number of nitrogens with zero attached hydrogens (tertiary/aromatic N) is 5. The molecule has 0 fully saturated rings. The molecule has 20 heavy (non-hydrogen) atoms. The van der Waals surface area contributed by atoms with Gasteiger partial charge < -0.3 is 0 Å². The van der Waals surface area contributed by atoms with Crippen molar-refractivity contribution in [1.29, 1.82) is 0 Å². The first-order valence-corrected chi connectivity index (χ1v) is 7.06. The Labute approximate surface area is 118 Å². The number of aryl methyl sites for hydroxylation is 2. The normalized spacial score (nSPS) is 11.0. The third-order valence-electron chi connectivity index (χ3n) is 3.50. The summed E-state index contributed by atoms with van der Waals surface area (Å²) in [5.74, 6) is 1.00. The van der Waals surface area contributed by atoms with Crippen LogP contribution in [0.2, 0.25) is 0 Å². The number of Topliss-reactive ketones (excluding diaryl/α,β-unsaturated/α-hetero) is 1. The van der Waals surface area contributed by atoms with Crippen molar-refractivity contribution in [1.82, 2.24) is 24.5 Å². The quantitative estimate of drug-likeness (QED) is 0.754. The summed E-state index contributed by atoms with van der Waals surface area (Å²) in [7, 11) is 1.86. The van der Waals surface area contributed by atoms with E-state index in [2.05, 4.69) is 22.1 Å². The van der Waals surface area contributed by atoms with Gasteiger partial charge in [0.25, 0.3) is 0 Å². The molecule has 0 bridgehead atoms. The van der Waals surface area contributed by atoms with Gasteiger partial charge in [0.1, 0.15) is 18.7 Å². The predicted octanol–water partition coefficient (Wildman–Crippen LogP) is 1.78. The van der Waals surface area contributed by atoms with Crippen LogP contribution >= 0.6 is 0 Å². The fourth-order valence-corrected chi connectivity index (χ4v) is 2.39. The van der Waals surface area contributed by atoms with Gasteiger partial charge in [0, 0.05) is 19.2 Å². The molecule has 6 heteroatoms. The summed E-state index contributed by atoms with van der Waals surface area (Å²) >= 11 is 0. The van der Waals surface area contributed by atoms with E-state index in [1.807, 2.05) is 25.6 Å². The van der Waals surface area contributed by atoms with Crippen molar-refractivity contribution in [2.45, 2.75) is 46.6 Å². The van der Waals surface area contributed by atoms with Crippen molar-refractivity contribution in [2.24, 2.45) is 7.05 Å². The van der Waals surface area contributed by atoms with E-state index in [0.29, 0.717) is 13.0 Å². The zero-order chi connectivity index (χ0) is 14.7. The third-order valence-corrected chi connectivity index (χ3v) is 3.50. The fraction of sp³-hybridized carbons (Fsp3) is 0.571. The maximum absolute atomic E-state index is 12.2. The minimum absolute atomic E-state index is 0.169. The van der Waals surface area contributed by atoms with E-state index in [0.717, 1.165) is 35.6 Å². The molecule has 0 spiro atoms. The zero-order valence-corrected chi connectivity index (χ0v) is 12.6. The molecule has 0 aliphatic rings. The van der Waals surface area contributed by atoms with Crippen molar-refractivity contribution in [3.63, 3.8) is 0 Å². The van der Waals surface area contributed by atoms with Crippen LogP contribution < -0.4 is 0 Å². The highest BCUT2D eigenvalue weighted by atomic mass is 16.1. The number of ketones is 1. The van der Waals surface area contributed by atoms with Gasteiger partial charge in [0.15, 0.2) is 5.78 Å². The van der Waals surface area contributed by atoms with Crippen LogP contribution in [0.3, 0.4) is 0 Å². The molecule has 0 N–H and O–H groups in total. The lowest BCUT2D eigenvalue weighted by Crippen LogP contribution is -2.12. The number of aromatic nitrogens is 5. The summed E-state index contributed by atoms with van der Waals surface area (Å²) in [5.41, 5.74) is 2.69. The zero-order valence-electron chi connectivity index (χ0n) is 12.6. The van der Waals surface area contributed by atoms with Crippen LogP contribution in [-0.4, -0.2) is 30.3 Å². The predicted molar refractivity (Wildman–Crippen MR) is 75.7 cm³/mol. The van der Waals surface area contributed by atoms with E-state index in [1.165, 1.54) is 6.33 Å². The standard InChI is InChI=1S/C14H21N5O/c1-5-10-14(12(20)7-3)11(6-2)19(17-10)8-13-15-9-16-18(13)4/h9H,5-8H2,1-4H3. The highest BCUT2D eigenvalue weighted by Gasteiger charge is 2.21. The fourth-order valence-electron chi connectivity index (χ4n) is 2.39. The van der Waals surface area contributed by atoms with Crippen LogP contribution in [-0.2, 0) is 26.4 Å². The van der Waals surface area contributed by atoms with Crippen LogP contribution in [0.1, 0.15) is 54.8 Å². The second kappa shape index (κ2) is 5.98. The minimum Gasteiger partial charge on any atom is -0.294 e. The van der Waals surface area contributed by atoms with Gasteiger partial charge in [-0.3, -0.25) is 14.2 Å². The molecule has 0 aliphatic carbocycles. The summed E-state index contributed by atoms with van der Waals surface area (Å²) in [5, 5.41) is 8.67. The van der Waals surface area contributed by atoms with Crippen molar-refractivity contribution in [2.75, 3.05) is 0 Å². The second-order valence-corrected chi connectivity index (χ2v) is 4.71. The van der Waals surface area contributed by atoms with E-state index in [-0.39, 0.29) is 5.78 Å². The van der Waals surface area contributed by atoms with Crippen LogP contribution in [0.5, 0.6) is 0 Å². The highest BCUT2D eigenvalue weighted by molar-refractivity contribution is 5.98. The molecule has 0 saturated heterocycles. The van der Waals surface area contributed by atoms with Crippen LogP contribution in [0.15, 0.2) is 6.33 Å². The molecule has 2 heterocycles. The number of carbonyl (C=O) groups excluding carboxylic acids is 1. The summed E-state index contributed by atoms with van der Waals surface area (Å²) in [6.07, 6.45) is 3.59. The number of hydrogen-bond donors (Lipinski definition) is 0. The summed E-state index contributed by atoms with van der Waals surface area (Å²) in [6, 6.07) is 0. The van der Waals surface area contributed by atoms with Crippen LogP contribution in [0.25, 0.3) is 0 Å². The molecule has 2 rings (SSSR count). The smallest absolute Gasteiger partial charge is 0.166 e. The van der Waals surface area contributed by atoms with Gasteiger partial charge in [-0.15, -0.1) is 0 Å². The Kier molecular flexibility index (Phi) is 4.32. The molecule has 0 aromatic carbocycles. The average Bonchev–Trinajstić information content (AvgIpc) is 3.02. The monoisotopic (exact) mass is 275 g/mol. The van der Waals surface area contributed by atoms with Crippen LogP contribution in [0, 0.1) is 0 Å². The first-order chi connectivity index (χ1) is 9.62. The Morgan fingerprint density at radius 1 is 1.25 bits per heavy atom. The van der Waals surface area contributed by atoms with E-state index in [4.69, 9.17) is 0 Å². The molecule has 0 radical (unpaired) electrons. The number of carbonyl (C=O) groups is 1. The summed E-state index contributed by atoms with van der Waals surface area (Å²) < 4.78 is 3.62. The third kappa shape index (κ3) is 2.50. The molecule has 0 atom stereocenters. The van der Waals surface area contributed by atoms with Gasteiger partial charge in [-0.05, 0) is 12.8 Å². The lowest BCUT2D eigenvalue weighted by Gasteiger charge is -2.06. The van der Waals surface area contributed by atoms with Gasteiger partial charge in [-0.2, -0.15) is 10.2 Å². The Balaban J connectivity index is 2.46. The Hall–Kier alpha value is -1.98.